The Bertz CT molecular complexity index is 966. The number of aromatic amines is 1. The van der Waals surface area contributed by atoms with Gasteiger partial charge in [-0.15, -0.1) is 0 Å². The second-order valence-corrected chi connectivity index (χ2v) is 6.20. The van der Waals surface area contributed by atoms with E-state index in [0.717, 1.165) is 11.5 Å². The number of para-hydroxylation sites is 1. The molecule has 25 heavy (non-hydrogen) atoms. The van der Waals surface area contributed by atoms with E-state index in [1.165, 1.54) is 11.1 Å². The van der Waals surface area contributed by atoms with Gasteiger partial charge in [-0.05, 0) is 35.5 Å². The molecule has 0 amide bonds. The number of benzene rings is 3. The lowest BCUT2D eigenvalue weighted by molar-refractivity contribution is 0.813. The van der Waals surface area contributed by atoms with Crippen LogP contribution in [0.15, 0.2) is 91.0 Å². The first-order valence-electron chi connectivity index (χ1n) is 8.17. The standard InChI is InChI=1S/C21H17N3S/c25-21-23-22-20(24(21)18-14-8-3-9-15-18)19(16-10-4-1-5-11-16)17-12-6-2-7-13-17/h1-15,19H,(H,23,25). The van der Waals surface area contributed by atoms with Crippen molar-refractivity contribution in [1.82, 2.24) is 14.8 Å². The second-order valence-electron chi connectivity index (χ2n) is 5.81. The molecule has 3 nitrogen and oxygen atoms in total. The minimum absolute atomic E-state index is 0.00411. The van der Waals surface area contributed by atoms with Gasteiger partial charge in [0.05, 0.1) is 5.92 Å². The first kappa shape index (κ1) is 15.5. The van der Waals surface area contributed by atoms with Gasteiger partial charge < -0.3 is 0 Å². The molecule has 0 saturated heterocycles. The molecule has 0 fully saturated rings. The van der Waals surface area contributed by atoms with Crippen molar-refractivity contribution in [2.24, 2.45) is 0 Å². The summed E-state index contributed by atoms with van der Waals surface area (Å²) in [5.41, 5.74) is 3.37. The molecule has 1 heterocycles. The van der Waals surface area contributed by atoms with Crippen molar-refractivity contribution in [3.63, 3.8) is 0 Å². The van der Waals surface area contributed by atoms with Gasteiger partial charge >= 0.3 is 0 Å². The summed E-state index contributed by atoms with van der Waals surface area (Å²) in [5, 5.41) is 7.56. The maximum Gasteiger partial charge on any atom is 0.199 e. The third kappa shape index (κ3) is 3.04. The summed E-state index contributed by atoms with van der Waals surface area (Å²) in [5.74, 6) is 0.879. The molecular weight excluding hydrogens is 326 g/mol. The van der Waals surface area contributed by atoms with Gasteiger partial charge in [0.15, 0.2) is 4.77 Å². The first-order valence-corrected chi connectivity index (χ1v) is 8.58. The van der Waals surface area contributed by atoms with Crippen molar-refractivity contribution in [1.29, 1.82) is 0 Å². The molecular formula is C21H17N3S. The predicted octanol–water partition coefficient (Wildman–Crippen LogP) is 5.11. The van der Waals surface area contributed by atoms with E-state index in [4.69, 9.17) is 12.2 Å². The van der Waals surface area contributed by atoms with E-state index >= 15 is 0 Å². The lowest BCUT2D eigenvalue weighted by Gasteiger charge is -2.18. The van der Waals surface area contributed by atoms with Crippen molar-refractivity contribution in [3.05, 3.63) is 113 Å². The topological polar surface area (TPSA) is 33.6 Å². The Hall–Kier alpha value is -2.98. The number of aromatic nitrogens is 3. The Labute approximate surface area is 151 Å². The van der Waals surface area contributed by atoms with E-state index in [-0.39, 0.29) is 5.92 Å². The Balaban J connectivity index is 1.95. The lowest BCUT2D eigenvalue weighted by Crippen LogP contribution is -2.11. The molecule has 0 aliphatic rings. The van der Waals surface area contributed by atoms with Crippen molar-refractivity contribution in [3.8, 4) is 5.69 Å². The summed E-state index contributed by atoms with van der Waals surface area (Å²) in [7, 11) is 0. The molecule has 1 N–H and O–H groups in total. The highest BCUT2D eigenvalue weighted by Gasteiger charge is 2.23. The molecule has 122 valence electrons. The molecule has 1 aromatic heterocycles. The molecule has 4 heteroatoms. The molecule has 0 spiro atoms. The highest BCUT2D eigenvalue weighted by Crippen LogP contribution is 2.31. The van der Waals surface area contributed by atoms with Crippen LogP contribution in [0.3, 0.4) is 0 Å². The summed E-state index contributed by atoms with van der Waals surface area (Å²) >= 11 is 5.52. The summed E-state index contributed by atoms with van der Waals surface area (Å²) < 4.78 is 2.61. The van der Waals surface area contributed by atoms with Crippen LogP contribution in [0, 0.1) is 4.77 Å². The Morgan fingerprint density at radius 2 is 1.20 bits per heavy atom. The number of hydrogen-bond acceptors (Lipinski definition) is 2. The zero-order valence-corrected chi connectivity index (χ0v) is 14.4. The fourth-order valence-electron chi connectivity index (χ4n) is 3.11. The predicted molar refractivity (Wildman–Crippen MR) is 103 cm³/mol. The molecule has 0 unspecified atom stereocenters. The average Bonchev–Trinajstić information content (AvgIpc) is 3.05. The molecule has 4 rings (SSSR count). The van der Waals surface area contributed by atoms with Gasteiger partial charge in [-0.3, -0.25) is 9.67 Å². The Morgan fingerprint density at radius 3 is 1.72 bits per heavy atom. The van der Waals surface area contributed by atoms with E-state index in [1.807, 2.05) is 47.0 Å². The van der Waals surface area contributed by atoms with Crippen molar-refractivity contribution in [2.45, 2.75) is 5.92 Å². The quantitative estimate of drug-likeness (QED) is 0.522. The summed E-state index contributed by atoms with van der Waals surface area (Å²) in [6.07, 6.45) is 0. The molecule has 0 saturated carbocycles. The number of rotatable bonds is 4. The van der Waals surface area contributed by atoms with Gasteiger partial charge in [0.1, 0.15) is 5.82 Å². The summed E-state index contributed by atoms with van der Waals surface area (Å²) in [6, 6.07) is 30.9. The minimum Gasteiger partial charge on any atom is -0.271 e. The van der Waals surface area contributed by atoms with E-state index in [2.05, 4.69) is 58.7 Å². The van der Waals surface area contributed by atoms with Crippen molar-refractivity contribution >= 4 is 12.2 Å². The summed E-state index contributed by atoms with van der Waals surface area (Å²) in [4.78, 5) is 0. The van der Waals surface area contributed by atoms with Gasteiger partial charge in [-0.1, -0.05) is 78.9 Å². The minimum atomic E-state index is -0.00411. The van der Waals surface area contributed by atoms with Crippen LogP contribution in [0.2, 0.25) is 0 Å². The van der Waals surface area contributed by atoms with Crippen LogP contribution in [0.1, 0.15) is 22.9 Å². The number of hydrogen-bond donors (Lipinski definition) is 1. The van der Waals surface area contributed by atoms with Crippen LogP contribution in [0.5, 0.6) is 0 Å². The van der Waals surface area contributed by atoms with Gasteiger partial charge in [0.25, 0.3) is 0 Å². The largest absolute Gasteiger partial charge is 0.271 e. The van der Waals surface area contributed by atoms with Gasteiger partial charge in [-0.25, -0.2) is 0 Å². The smallest absolute Gasteiger partial charge is 0.199 e. The molecule has 0 radical (unpaired) electrons. The third-order valence-corrected chi connectivity index (χ3v) is 4.51. The van der Waals surface area contributed by atoms with Crippen LogP contribution in [0.4, 0.5) is 0 Å². The highest BCUT2D eigenvalue weighted by atomic mass is 32.1. The van der Waals surface area contributed by atoms with Crippen molar-refractivity contribution < 1.29 is 0 Å². The normalized spacial score (nSPS) is 10.9. The van der Waals surface area contributed by atoms with Crippen LogP contribution in [-0.2, 0) is 0 Å². The van der Waals surface area contributed by atoms with Gasteiger partial charge in [0.2, 0.25) is 0 Å². The van der Waals surface area contributed by atoms with E-state index < -0.39 is 0 Å². The Kier molecular flexibility index (Phi) is 4.27. The second kappa shape index (κ2) is 6.87. The van der Waals surface area contributed by atoms with Crippen LogP contribution >= 0.6 is 12.2 Å². The van der Waals surface area contributed by atoms with E-state index in [1.54, 1.807) is 0 Å². The molecule has 0 aliphatic carbocycles. The fraction of sp³-hybridized carbons (Fsp3) is 0.0476. The zero-order valence-electron chi connectivity index (χ0n) is 13.5. The molecule has 3 aromatic carbocycles. The van der Waals surface area contributed by atoms with E-state index in [0.29, 0.717) is 4.77 Å². The van der Waals surface area contributed by atoms with Crippen molar-refractivity contribution in [2.75, 3.05) is 0 Å². The SMILES string of the molecule is S=c1[nH]nc(C(c2ccccc2)c2ccccc2)n1-c1ccccc1. The monoisotopic (exact) mass is 343 g/mol. The number of nitrogens with zero attached hydrogens (tertiary/aromatic N) is 2. The summed E-state index contributed by atoms with van der Waals surface area (Å²) in [6.45, 7) is 0. The average molecular weight is 343 g/mol. The maximum absolute atomic E-state index is 5.52. The van der Waals surface area contributed by atoms with Gasteiger partial charge in [-0.2, -0.15) is 5.10 Å². The Morgan fingerprint density at radius 1 is 0.720 bits per heavy atom. The molecule has 4 aromatic rings. The van der Waals surface area contributed by atoms with Crippen LogP contribution < -0.4 is 0 Å². The highest BCUT2D eigenvalue weighted by molar-refractivity contribution is 7.71. The number of nitrogens with one attached hydrogen (secondary N) is 1. The lowest BCUT2D eigenvalue weighted by atomic mass is 9.90. The van der Waals surface area contributed by atoms with Crippen LogP contribution in [-0.4, -0.2) is 14.8 Å². The molecule has 0 atom stereocenters. The third-order valence-electron chi connectivity index (χ3n) is 4.24. The number of H-pyrrole nitrogens is 1. The maximum atomic E-state index is 5.52. The van der Waals surface area contributed by atoms with Crippen LogP contribution in [0.25, 0.3) is 5.69 Å². The molecule has 0 bridgehead atoms. The zero-order chi connectivity index (χ0) is 17.1. The molecule has 0 aliphatic heterocycles. The first-order chi connectivity index (χ1) is 12.3. The van der Waals surface area contributed by atoms with Gasteiger partial charge in [0, 0.05) is 5.69 Å². The fourth-order valence-corrected chi connectivity index (χ4v) is 3.36. The van der Waals surface area contributed by atoms with E-state index in [9.17, 15) is 0 Å².